The number of phosphoric ester groups is 1. The van der Waals surface area contributed by atoms with Gasteiger partial charge in [0.15, 0.2) is 0 Å². The van der Waals surface area contributed by atoms with Crippen LogP contribution in [-0.4, -0.2) is 68.5 Å². The topological polar surface area (TPSA) is 108 Å². The first kappa shape index (κ1) is 34.5. The standard InChI is InChI=1S/C26H55N2O6P/c1-6-8-9-10-11-12-13-14-15-16-17-18-20-25(29)24(27-26(30)19-7-2)23-34-35(31,32)33-22-21-28(3,4)5/h24-25,29H,6-23H2,1-5H3,(H-,27,30,31,32). The number of quaternary nitrogens is 1. The molecule has 0 aromatic carbocycles. The van der Waals surface area contributed by atoms with E-state index in [-0.39, 0.29) is 19.1 Å². The highest BCUT2D eigenvalue weighted by Crippen LogP contribution is 2.38. The number of nitrogens with zero attached hydrogens (tertiary/aromatic N) is 1. The van der Waals surface area contributed by atoms with E-state index in [2.05, 4.69) is 12.2 Å². The van der Waals surface area contributed by atoms with Crippen LogP contribution in [0.4, 0.5) is 0 Å². The molecule has 0 aliphatic rings. The van der Waals surface area contributed by atoms with Crippen LogP contribution >= 0.6 is 7.82 Å². The van der Waals surface area contributed by atoms with Crippen molar-refractivity contribution in [3.05, 3.63) is 0 Å². The fourth-order valence-corrected chi connectivity index (χ4v) is 4.51. The number of likely N-dealkylation sites (N-methyl/N-ethyl adjacent to an activating group) is 1. The van der Waals surface area contributed by atoms with Crippen molar-refractivity contribution in [2.45, 2.75) is 122 Å². The summed E-state index contributed by atoms with van der Waals surface area (Å²) in [5, 5.41) is 13.4. The van der Waals surface area contributed by atoms with Crippen LogP contribution in [0.2, 0.25) is 0 Å². The zero-order valence-electron chi connectivity index (χ0n) is 23.3. The van der Waals surface area contributed by atoms with E-state index in [0.29, 0.717) is 30.3 Å². The number of rotatable bonds is 24. The summed E-state index contributed by atoms with van der Waals surface area (Å²) >= 11 is 0. The summed E-state index contributed by atoms with van der Waals surface area (Å²) in [4.78, 5) is 24.2. The van der Waals surface area contributed by atoms with Crippen molar-refractivity contribution < 1.29 is 32.9 Å². The van der Waals surface area contributed by atoms with E-state index in [1.807, 2.05) is 28.1 Å². The predicted octanol–water partition coefficient (Wildman–Crippen LogP) is 4.93. The monoisotopic (exact) mass is 522 g/mol. The molecule has 8 nitrogen and oxygen atoms in total. The number of hydrogen-bond acceptors (Lipinski definition) is 6. The van der Waals surface area contributed by atoms with Gasteiger partial charge >= 0.3 is 0 Å². The molecule has 0 rings (SSSR count). The summed E-state index contributed by atoms with van der Waals surface area (Å²) in [6.45, 7) is 4.32. The Morgan fingerprint density at radius 1 is 0.886 bits per heavy atom. The fourth-order valence-electron chi connectivity index (χ4n) is 3.79. The number of aliphatic hydroxyl groups excluding tert-OH is 1. The number of nitrogens with one attached hydrogen (secondary N) is 1. The van der Waals surface area contributed by atoms with Crippen molar-refractivity contribution in [2.24, 2.45) is 0 Å². The van der Waals surface area contributed by atoms with Crippen LogP contribution < -0.4 is 10.2 Å². The fraction of sp³-hybridized carbons (Fsp3) is 0.962. The van der Waals surface area contributed by atoms with Crippen molar-refractivity contribution in [2.75, 3.05) is 40.9 Å². The Morgan fingerprint density at radius 3 is 1.89 bits per heavy atom. The Kier molecular flexibility index (Phi) is 20.3. The molecule has 35 heavy (non-hydrogen) atoms. The second kappa shape index (κ2) is 20.5. The number of phosphoric acid groups is 1. The predicted molar refractivity (Wildman–Crippen MR) is 141 cm³/mol. The van der Waals surface area contributed by atoms with Gasteiger partial charge in [-0.25, -0.2) is 0 Å². The summed E-state index contributed by atoms with van der Waals surface area (Å²) in [6.07, 6.45) is 15.3. The average Bonchev–Trinajstić information content (AvgIpc) is 2.76. The van der Waals surface area contributed by atoms with E-state index in [1.54, 1.807) is 0 Å². The quantitative estimate of drug-likeness (QED) is 0.106. The molecular formula is C26H55N2O6P. The zero-order valence-corrected chi connectivity index (χ0v) is 24.2. The summed E-state index contributed by atoms with van der Waals surface area (Å²) < 4.78 is 22.6. The first-order valence-corrected chi connectivity index (χ1v) is 15.3. The lowest BCUT2D eigenvalue weighted by atomic mass is 10.0. The highest BCUT2D eigenvalue weighted by molar-refractivity contribution is 7.45. The minimum Gasteiger partial charge on any atom is -0.756 e. The number of carbonyl (C=O) groups is 1. The van der Waals surface area contributed by atoms with Crippen LogP contribution in [-0.2, 0) is 18.4 Å². The second-order valence-electron chi connectivity index (χ2n) is 10.8. The molecule has 2 N–H and O–H groups in total. The summed E-state index contributed by atoms with van der Waals surface area (Å²) in [7, 11) is 1.30. The van der Waals surface area contributed by atoms with Crippen LogP contribution in [0.25, 0.3) is 0 Å². The van der Waals surface area contributed by atoms with E-state index in [0.717, 1.165) is 19.3 Å². The van der Waals surface area contributed by atoms with Crippen molar-refractivity contribution >= 4 is 13.7 Å². The molecular weight excluding hydrogens is 467 g/mol. The maximum absolute atomic E-state index is 12.1. The van der Waals surface area contributed by atoms with Gasteiger partial charge in [-0.15, -0.1) is 0 Å². The number of amides is 1. The van der Waals surface area contributed by atoms with E-state index in [1.165, 1.54) is 57.8 Å². The normalized spacial score (nSPS) is 15.5. The average molecular weight is 523 g/mol. The Hall–Kier alpha value is -0.500. The maximum Gasteiger partial charge on any atom is 0.268 e. The number of unbranched alkanes of at least 4 members (excludes halogenated alkanes) is 11. The van der Waals surface area contributed by atoms with Crippen molar-refractivity contribution in [3.8, 4) is 0 Å². The van der Waals surface area contributed by atoms with Gasteiger partial charge in [-0.05, 0) is 12.8 Å². The molecule has 0 aliphatic carbocycles. The minimum absolute atomic E-state index is 0.0124. The first-order chi connectivity index (χ1) is 16.5. The minimum atomic E-state index is -4.51. The summed E-state index contributed by atoms with van der Waals surface area (Å²) in [5.74, 6) is -0.221. The molecule has 1 amide bonds. The van der Waals surface area contributed by atoms with Gasteiger partial charge in [0, 0.05) is 6.42 Å². The molecule has 9 heteroatoms. The molecule has 210 valence electrons. The van der Waals surface area contributed by atoms with Crippen LogP contribution in [0.5, 0.6) is 0 Å². The highest BCUT2D eigenvalue weighted by atomic mass is 31.2. The molecule has 3 unspecified atom stereocenters. The van der Waals surface area contributed by atoms with Crippen LogP contribution in [0.1, 0.15) is 110 Å². The number of aliphatic hydroxyl groups is 1. The largest absolute Gasteiger partial charge is 0.756 e. The van der Waals surface area contributed by atoms with Crippen LogP contribution in [0.15, 0.2) is 0 Å². The van der Waals surface area contributed by atoms with Crippen LogP contribution in [0.3, 0.4) is 0 Å². The Labute approximate surface area is 215 Å². The van der Waals surface area contributed by atoms with Gasteiger partial charge in [0.1, 0.15) is 13.2 Å². The summed E-state index contributed by atoms with van der Waals surface area (Å²) in [6, 6.07) is -0.786. The van der Waals surface area contributed by atoms with E-state index in [4.69, 9.17) is 9.05 Å². The molecule has 0 bridgehead atoms. The molecule has 0 aromatic rings. The molecule has 0 saturated heterocycles. The maximum atomic E-state index is 12.1. The molecule has 0 fully saturated rings. The van der Waals surface area contributed by atoms with Gasteiger partial charge in [0.2, 0.25) is 5.91 Å². The molecule has 0 aliphatic heterocycles. The van der Waals surface area contributed by atoms with Crippen LogP contribution in [0, 0.1) is 0 Å². The van der Waals surface area contributed by atoms with E-state index < -0.39 is 20.0 Å². The number of carbonyl (C=O) groups excluding carboxylic acids is 1. The zero-order chi connectivity index (χ0) is 26.6. The lowest BCUT2D eigenvalue weighted by Crippen LogP contribution is -2.46. The lowest BCUT2D eigenvalue weighted by Gasteiger charge is -2.30. The van der Waals surface area contributed by atoms with Gasteiger partial charge in [-0.1, -0.05) is 90.9 Å². The third-order valence-electron chi connectivity index (χ3n) is 6.07. The summed E-state index contributed by atoms with van der Waals surface area (Å²) in [5.41, 5.74) is 0. The van der Waals surface area contributed by atoms with Crippen molar-refractivity contribution in [1.82, 2.24) is 5.32 Å². The van der Waals surface area contributed by atoms with Crippen molar-refractivity contribution in [1.29, 1.82) is 0 Å². The third kappa shape index (κ3) is 22.4. The first-order valence-electron chi connectivity index (χ1n) is 13.9. The molecule has 0 saturated carbocycles. The molecule has 0 radical (unpaired) electrons. The van der Waals surface area contributed by atoms with E-state index in [9.17, 15) is 19.4 Å². The SMILES string of the molecule is CCCCCCCCCCCCCCC(O)C(COP(=O)([O-])OCC[N+](C)(C)C)NC(=O)CCC. The van der Waals surface area contributed by atoms with Gasteiger partial charge in [0.05, 0.1) is 39.9 Å². The molecule has 0 heterocycles. The second-order valence-corrected chi connectivity index (χ2v) is 12.2. The Balaban J connectivity index is 4.28. The molecule has 0 aromatic heterocycles. The number of hydrogen-bond donors (Lipinski definition) is 2. The molecule has 0 spiro atoms. The van der Waals surface area contributed by atoms with Gasteiger partial charge in [-0.2, -0.15) is 0 Å². The Morgan fingerprint density at radius 2 is 1.40 bits per heavy atom. The lowest BCUT2D eigenvalue weighted by molar-refractivity contribution is -0.870. The van der Waals surface area contributed by atoms with Gasteiger partial charge in [-0.3, -0.25) is 9.36 Å². The smallest absolute Gasteiger partial charge is 0.268 e. The van der Waals surface area contributed by atoms with Gasteiger partial charge in [0.25, 0.3) is 7.82 Å². The highest BCUT2D eigenvalue weighted by Gasteiger charge is 2.24. The van der Waals surface area contributed by atoms with Crippen molar-refractivity contribution in [3.63, 3.8) is 0 Å². The Bertz CT molecular complexity index is 571. The third-order valence-corrected chi connectivity index (χ3v) is 7.03. The van der Waals surface area contributed by atoms with Gasteiger partial charge < -0.3 is 28.8 Å². The van der Waals surface area contributed by atoms with E-state index >= 15 is 0 Å². The molecule has 3 atom stereocenters.